The van der Waals surface area contributed by atoms with E-state index in [-0.39, 0.29) is 42.6 Å². The van der Waals surface area contributed by atoms with Crippen LogP contribution in [0.15, 0.2) is 30.6 Å². The summed E-state index contributed by atoms with van der Waals surface area (Å²) in [5, 5.41) is 11.7. The molecule has 0 unspecified atom stereocenters. The first-order valence-electron chi connectivity index (χ1n) is 9.48. The lowest BCUT2D eigenvalue weighted by Gasteiger charge is -2.19. The van der Waals surface area contributed by atoms with Crippen molar-refractivity contribution in [2.75, 3.05) is 11.9 Å². The van der Waals surface area contributed by atoms with E-state index in [0.29, 0.717) is 12.2 Å². The number of ether oxygens (including phenoxy) is 2. The maximum Gasteiger partial charge on any atom is 0.416 e. The summed E-state index contributed by atoms with van der Waals surface area (Å²) in [6.07, 6.45) is -1.03. The molecule has 7 nitrogen and oxygen atoms in total. The zero-order valence-corrected chi connectivity index (χ0v) is 17.4. The van der Waals surface area contributed by atoms with Gasteiger partial charge in [-0.25, -0.2) is 9.97 Å². The van der Waals surface area contributed by atoms with Gasteiger partial charge in [-0.15, -0.1) is 0 Å². The van der Waals surface area contributed by atoms with Gasteiger partial charge in [0, 0.05) is 13.0 Å². The molecule has 0 fully saturated rings. The molecule has 0 amide bonds. The number of hydrogen-bond acceptors (Lipinski definition) is 7. The third-order valence-electron chi connectivity index (χ3n) is 3.74. The molecule has 0 aliphatic carbocycles. The lowest BCUT2D eigenvalue weighted by Crippen LogP contribution is -2.23. The predicted molar refractivity (Wildman–Crippen MR) is 106 cm³/mol. The second-order valence-corrected chi connectivity index (χ2v) is 7.66. The fraction of sp³-hybridized carbons (Fsp3) is 0.429. The summed E-state index contributed by atoms with van der Waals surface area (Å²) in [4.78, 5) is 19.7. The minimum Gasteiger partial charge on any atom is -0.490 e. The van der Waals surface area contributed by atoms with Crippen LogP contribution in [0.1, 0.15) is 50.3 Å². The van der Waals surface area contributed by atoms with Crippen molar-refractivity contribution in [3.63, 3.8) is 0 Å². The van der Waals surface area contributed by atoms with Crippen LogP contribution >= 0.6 is 0 Å². The van der Waals surface area contributed by atoms with Gasteiger partial charge in [-0.3, -0.25) is 4.79 Å². The minimum absolute atomic E-state index is 0.00862. The number of esters is 1. The number of nitrogens with one attached hydrogen (secondary N) is 1. The topological polar surface area (TPSA) is 97.1 Å². The molecule has 0 radical (unpaired) electrons. The standard InChI is InChI=1S/C21H23F3N4O3/c1-20(2,3)31-18(29)5-4-6-30-17-12-27-19(28-13-17)26-11-15-7-14(10-25)8-16(9-15)21(22,23)24/h7-9,12-13H,4-6,11H2,1-3H3,(H,26,27,28). The number of rotatable bonds is 8. The van der Waals surface area contributed by atoms with E-state index in [9.17, 15) is 18.0 Å². The lowest BCUT2D eigenvalue weighted by atomic mass is 10.1. The zero-order chi connectivity index (χ0) is 23.1. The highest BCUT2D eigenvalue weighted by atomic mass is 19.4. The van der Waals surface area contributed by atoms with E-state index in [1.807, 2.05) is 0 Å². The number of nitrogens with zero attached hydrogens (tertiary/aromatic N) is 3. The van der Waals surface area contributed by atoms with Crippen LogP contribution in [-0.4, -0.2) is 28.1 Å². The molecule has 0 aliphatic rings. The molecule has 0 saturated heterocycles. The van der Waals surface area contributed by atoms with Crippen LogP contribution < -0.4 is 10.1 Å². The summed E-state index contributed by atoms with van der Waals surface area (Å²) < 4.78 is 49.5. The third kappa shape index (κ3) is 8.50. The van der Waals surface area contributed by atoms with Gasteiger partial charge in [-0.2, -0.15) is 18.4 Å². The second kappa shape index (κ2) is 10.1. The molecule has 31 heavy (non-hydrogen) atoms. The molecule has 10 heteroatoms. The van der Waals surface area contributed by atoms with Gasteiger partial charge in [0.05, 0.1) is 36.2 Å². The van der Waals surface area contributed by atoms with Crippen LogP contribution in [0.25, 0.3) is 0 Å². The molecule has 2 aromatic rings. The number of alkyl halides is 3. The fourth-order valence-electron chi connectivity index (χ4n) is 2.48. The van der Waals surface area contributed by atoms with Gasteiger partial charge in [0.2, 0.25) is 5.95 Å². The summed E-state index contributed by atoms with van der Waals surface area (Å²) in [6, 6.07) is 4.86. The predicted octanol–water partition coefficient (Wildman–Crippen LogP) is 4.48. The van der Waals surface area contributed by atoms with Crippen molar-refractivity contribution in [2.45, 2.75) is 51.9 Å². The van der Waals surface area contributed by atoms with Crippen LogP contribution in [0.3, 0.4) is 0 Å². The van der Waals surface area contributed by atoms with Crippen LogP contribution in [0.2, 0.25) is 0 Å². The molecule has 1 heterocycles. The number of benzene rings is 1. The maximum atomic E-state index is 12.9. The largest absolute Gasteiger partial charge is 0.490 e. The third-order valence-corrected chi connectivity index (χ3v) is 3.74. The smallest absolute Gasteiger partial charge is 0.416 e. The van der Waals surface area contributed by atoms with Crippen molar-refractivity contribution in [3.8, 4) is 11.8 Å². The van der Waals surface area contributed by atoms with Crippen molar-refractivity contribution >= 4 is 11.9 Å². The first-order valence-corrected chi connectivity index (χ1v) is 9.48. The highest BCUT2D eigenvalue weighted by Gasteiger charge is 2.31. The molecule has 2 rings (SSSR count). The molecule has 0 aliphatic heterocycles. The summed E-state index contributed by atoms with van der Waals surface area (Å²) in [6.45, 7) is 5.67. The van der Waals surface area contributed by atoms with Crippen LogP contribution in [0.4, 0.5) is 19.1 Å². The second-order valence-electron chi connectivity index (χ2n) is 7.66. The van der Waals surface area contributed by atoms with Gasteiger partial charge in [-0.05, 0) is 51.0 Å². The molecule has 0 spiro atoms. The Balaban J connectivity index is 1.84. The molecule has 0 saturated carbocycles. The Morgan fingerprint density at radius 1 is 1.16 bits per heavy atom. The van der Waals surface area contributed by atoms with E-state index in [0.717, 1.165) is 12.1 Å². The van der Waals surface area contributed by atoms with Gasteiger partial charge in [0.15, 0.2) is 5.75 Å². The molecular formula is C21H23F3N4O3. The first kappa shape index (κ1) is 23.9. The Labute approximate surface area is 178 Å². The fourth-order valence-corrected chi connectivity index (χ4v) is 2.48. The molecule has 0 bridgehead atoms. The first-order chi connectivity index (χ1) is 14.5. The van der Waals surface area contributed by atoms with Gasteiger partial charge < -0.3 is 14.8 Å². The molecule has 166 valence electrons. The highest BCUT2D eigenvalue weighted by Crippen LogP contribution is 2.30. The normalized spacial score (nSPS) is 11.5. The Kier molecular flexibility index (Phi) is 7.80. The van der Waals surface area contributed by atoms with E-state index in [1.54, 1.807) is 26.8 Å². The summed E-state index contributed by atoms with van der Waals surface area (Å²) in [5.74, 6) is 0.277. The Hall–Kier alpha value is -3.35. The highest BCUT2D eigenvalue weighted by molar-refractivity contribution is 5.69. The number of hydrogen-bond donors (Lipinski definition) is 1. The average molecular weight is 436 g/mol. The Morgan fingerprint density at radius 2 is 1.84 bits per heavy atom. The van der Waals surface area contributed by atoms with Crippen molar-refractivity contribution in [3.05, 3.63) is 47.3 Å². The van der Waals surface area contributed by atoms with Crippen LogP contribution in [-0.2, 0) is 22.3 Å². The van der Waals surface area contributed by atoms with Gasteiger partial charge in [-0.1, -0.05) is 0 Å². The average Bonchev–Trinajstić information content (AvgIpc) is 2.68. The number of carbonyl (C=O) groups excluding carboxylic acids is 1. The van der Waals surface area contributed by atoms with Gasteiger partial charge in [0.1, 0.15) is 5.60 Å². The molecule has 1 aromatic heterocycles. The monoisotopic (exact) mass is 436 g/mol. The van der Waals surface area contributed by atoms with E-state index >= 15 is 0 Å². The van der Waals surface area contributed by atoms with Gasteiger partial charge >= 0.3 is 12.1 Å². The maximum absolute atomic E-state index is 12.9. The van der Waals surface area contributed by atoms with E-state index < -0.39 is 17.3 Å². The Bertz CT molecular complexity index is 933. The van der Waals surface area contributed by atoms with E-state index in [4.69, 9.17) is 14.7 Å². The van der Waals surface area contributed by atoms with Crippen molar-refractivity contribution in [1.82, 2.24) is 9.97 Å². The molecule has 1 N–H and O–H groups in total. The number of aromatic nitrogens is 2. The Morgan fingerprint density at radius 3 is 2.42 bits per heavy atom. The van der Waals surface area contributed by atoms with Crippen molar-refractivity contribution in [1.29, 1.82) is 5.26 Å². The zero-order valence-electron chi connectivity index (χ0n) is 17.4. The molecule has 0 atom stereocenters. The molecule has 1 aromatic carbocycles. The van der Waals surface area contributed by atoms with Crippen molar-refractivity contribution in [2.24, 2.45) is 0 Å². The summed E-state index contributed by atoms with van der Waals surface area (Å²) in [5.41, 5.74) is -1.22. The molecular weight excluding hydrogens is 413 g/mol. The summed E-state index contributed by atoms with van der Waals surface area (Å²) in [7, 11) is 0. The lowest BCUT2D eigenvalue weighted by molar-refractivity contribution is -0.155. The van der Waals surface area contributed by atoms with Crippen LogP contribution in [0, 0.1) is 11.3 Å². The summed E-state index contributed by atoms with van der Waals surface area (Å²) >= 11 is 0. The van der Waals surface area contributed by atoms with Crippen molar-refractivity contribution < 1.29 is 27.4 Å². The van der Waals surface area contributed by atoms with E-state index in [2.05, 4.69) is 15.3 Å². The van der Waals surface area contributed by atoms with Crippen LogP contribution in [0.5, 0.6) is 5.75 Å². The number of halogens is 3. The number of nitriles is 1. The van der Waals surface area contributed by atoms with Gasteiger partial charge in [0.25, 0.3) is 0 Å². The van der Waals surface area contributed by atoms with E-state index in [1.165, 1.54) is 18.5 Å². The SMILES string of the molecule is CC(C)(C)OC(=O)CCCOc1cnc(NCc2cc(C#N)cc(C(F)(F)F)c2)nc1. The minimum atomic E-state index is -4.54. The number of anilines is 1. The quantitative estimate of drug-likeness (QED) is 0.481. The number of carbonyl (C=O) groups is 1.